The van der Waals surface area contributed by atoms with Gasteiger partial charge in [-0.15, -0.1) is 0 Å². The molecule has 0 aliphatic heterocycles. The summed E-state index contributed by atoms with van der Waals surface area (Å²) in [6.45, 7) is 8.87. The van der Waals surface area contributed by atoms with E-state index in [1.807, 2.05) is 6.07 Å². The Morgan fingerprint density at radius 2 is 1.53 bits per heavy atom. The third-order valence-electron chi connectivity index (χ3n) is 7.08. The molecule has 1 atom stereocenters. The van der Waals surface area contributed by atoms with E-state index in [1.165, 1.54) is 35.4 Å². The fourth-order valence-corrected chi connectivity index (χ4v) is 4.79. The molecule has 0 saturated heterocycles. The maximum Gasteiger partial charge on any atom is 0.335 e. The minimum atomic E-state index is -1.01. The van der Waals surface area contributed by atoms with Crippen molar-refractivity contribution in [2.24, 2.45) is 0 Å². The Balaban J connectivity index is 1.76. The largest absolute Gasteiger partial charge is 0.478 e. The number of halogens is 2. The number of fused-ring (bicyclic) bond motifs is 1. The molecule has 4 rings (SSSR count). The standard InChI is InChI=1S/C29H30F2O3/c1-28(2)14-15-29(3,4)23-16-20(12-13-22(23)28)26(18-8-10-19(11-9-18)27(32)33)34-17-21-6-5-7-24(30)25(21)31/h5-13,16,26H,14-15,17H2,1-4H3,(H,32,33). The summed E-state index contributed by atoms with van der Waals surface area (Å²) >= 11 is 0. The molecule has 178 valence electrons. The first-order chi connectivity index (χ1) is 16.0. The number of rotatable bonds is 6. The van der Waals surface area contributed by atoms with Crippen molar-refractivity contribution in [2.75, 3.05) is 0 Å². The third-order valence-corrected chi connectivity index (χ3v) is 7.08. The molecular weight excluding hydrogens is 434 g/mol. The van der Waals surface area contributed by atoms with Gasteiger partial charge in [0.2, 0.25) is 0 Å². The first kappa shape index (κ1) is 24.1. The highest BCUT2D eigenvalue weighted by atomic mass is 19.2. The van der Waals surface area contributed by atoms with E-state index in [0.29, 0.717) is 0 Å². The predicted octanol–water partition coefficient (Wildman–Crippen LogP) is 7.32. The van der Waals surface area contributed by atoms with Crippen molar-refractivity contribution in [3.05, 3.63) is 106 Å². The molecule has 1 unspecified atom stereocenters. The second-order valence-electron chi connectivity index (χ2n) is 10.4. The van der Waals surface area contributed by atoms with Crippen LogP contribution >= 0.6 is 0 Å². The number of hydrogen-bond acceptors (Lipinski definition) is 2. The van der Waals surface area contributed by atoms with Crippen LogP contribution in [0, 0.1) is 11.6 Å². The number of carboxylic acid groups (broad SMARTS) is 1. The van der Waals surface area contributed by atoms with Crippen molar-refractivity contribution >= 4 is 5.97 Å². The SMILES string of the molecule is CC1(C)CCC(C)(C)c2cc(C(OCc3cccc(F)c3F)c3ccc(C(=O)O)cc3)ccc21. The average Bonchev–Trinajstić information content (AvgIpc) is 2.80. The number of benzene rings is 3. The molecule has 3 aromatic rings. The van der Waals surface area contributed by atoms with Gasteiger partial charge in [0.25, 0.3) is 0 Å². The van der Waals surface area contributed by atoms with E-state index < -0.39 is 23.7 Å². The van der Waals surface area contributed by atoms with Gasteiger partial charge in [-0.25, -0.2) is 13.6 Å². The smallest absolute Gasteiger partial charge is 0.335 e. The Kier molecular flexibility index (Phi) is 6.34. The summed E-state index contributed by atoms with van der Waals surface area (Å²) in [5.74, 6) is -2.85. The van der Waals surface area contributed by atoms with Crippen molar-refractivity contribution in [1.29, 1.82) is 0 Å². The summed E-state index contributed by atoms with van der Waals surface area (Å²) in [6.07, 6.45) is 1.59. The molecule has 3 nitrogen and oxygen atoms in total. The second-order valence-corrected chi connectivity index (χ2v) is 10.4. The Morgan fingerprint density at radius 1 is 0.912 bits per heavy atom. The summed E-state index contributed by atoms with van der Waals surface area (Å²) in [6, 6.07) is 16.9. The van der Waals surface area contributed by atoms with Crippen LogP contribution < -0.4 is 0 Å². The first-order valence-corrected chi connectivity index (χ1v) is 11.5. The van der Waals surface area contributed by atoms with Crippen molar-refractivity contribution in [3.63, 3.8) is 0 Å². The maximum absolute atomic E-state index is 14.3. The Morgan fingerprint density at radius 3 is 2.18 bits per heavy atom. The summed E-state index contributed by atoms with van der Waals surface area (Å²) in [7, 11) is 0. The minimum absolute atomic E-state index is 0.00670. The van der Waals surface area contributed by atoms with Crippen LogP contribution in [0.25, 0.3) is 0 Å². The van der Waals surface area contributed by atoms with Gasteiger partial charge in [-0.05, 0) is 64.1 Å². The molecule has 0 bridgehead atoms. The number of aromatic carboxylic acids is 1. The molecule has 0 heterocycles. The van der Waals surface area contributed by atoms with E-state index in [0.717, 1.165) is 30.0 Å². The Labute approximate surface area is 199 Å². The molecule has 0 aromatic heterocycles. The van der Waals surface area contributed by atoms with Gasteiger partial charge in [-0.2, -0.15) is 0 Å². The van der Waals surface area contributed by atoms with Crippen LogP contribution in [0.15, 0.2) is 60.7 Å². The van der Waals surface area contributed by atoms with E-state index in [2.05, 4.69) is 39.8 Å². The van der Waals surface area contributed by atoms with Crippen LogP contribution in [0.1, 0.15) is 84.8 Å². The van der Waals surface area contributed by atoms with Crippen LogP contribution in [0.2, 0.25) is 0 Å². The number of hydrogen-bond donors (Lipinski definition) is 1. The normalized spacial score (nSPS) is 17.1. The van der Waals surface area contributed by atoms with Crippen molar-refractivity contribution < 1.29 is 23.4 Å². The van der Waals surface area contributed by atoms with Crippen LogP contribution in [0.4, 0.5) is 8.78 Å². The highest BCUT2D eigenvalue weighted by molar-refractivity contribution is 5.87. The molecule has 0 spiro atoms. The van der Waals surface area contributed by atoms with Gasteiger partial charge in [0.15, 0.2) is 11.6 Å². The van der Waals surface area contributed by atoms with Gasteiger partial charge >= 0.3 is 5.97 Å². The number of carboxylic acids is 1. The van der Waals surface area contributed by atoms with E-state index >= 15 is 0 Å². The van der Waals surface area contributed by atoms with Crippen molar-refractivity contribution in [3.8, 4) is 0 Å². The molecule has 5 heteroatoms. The van der Waals surface area contributed by atoms with Gasteiger partial charge in [0.1, 0.15) is 6.10 Å². The van der Waals surface area contributed by atoms with Crippen molar-refractivity contribution in [2.45, 2.75) is 64.1 Å². The summed E-state index contributed by atoms with van der Waals surface area (Å²) < 4.78 is 34.2. The second kappa shape index (κ2) is 8.95. The number of ether oxygens (including phenoxy) is 1. The van der Waals surface area contributed by atoms with Crippen LogP contribution in [0.3, 0.4) is 0 Å². The van der Waals surface area contributed by atoms with Gasteiger partial charge in [-0.3, -0.25) is 0 Å². The quantitative estimate of drug-likeness (QED) is 0.416. The topological polar surface area (TPSA) is 46.5 Å². The van der Waals surface area contributed by atoms with E-state index in [1.54, 1.807) is 12.1 Å². The zero-order valence-electron chi connectivity index (χ0n) is 20.0. The lowest BCUT2D eigenvalue weighted by molar-refractivity contribution is 0.0641. The molecule has 1 N–H and O–H groups in total. The van der Waals surface area contributed by atoms with Gasteiger partial charge in [-0.1, -0.05) is 70.2 Å². The van der Waals surface area contributed by atoms with Gasteiger partial charge in [0.05, 0.1) is 12.2 Å². The molecule has 34 heavy (non-hydrogen) atoms. The van der Waals surface area contributed by atoms with E-state index in [9.17, 15) is 18.7 Å². The molecule has 0 amide bonds. The highest BCUT2D eigenvalue weighted by Crippen LogP contribution is 2.47. The van der Waals surface area contributed by atoms with Crippen LogP contribution in [-0.4, -0.2) is 11.1 Å². The fourth-order valence-electron chi connectivity index (χ4n) is 4.79. The molecule has 0 saturated carbocycles. The fraction of sp³-hybridized carbons (Fsp3) is 0.345. The zero-order valence-corrected chi connectivity index (χ0v) is 20.0. The molecular formula is C29H30F2O3. The summed E-state index contributed by atoms with van der Waals surface area (Å²) in [4.78, 5) is 11.3. The lowest BCUT2D eigenvalue weighted by Gasteiger charge is -2.42. The average molecular weight is 465 g/mol. The predicted molar refractivity (Wildman–Crippen MR) is 128 cm³/mol. The lowest BCUT2D eigenvalue weighted by Crippen LogP contribution is -2.34. The van der Waals surface area contributed by atoms with Crippen molar-refractivity contribution in [1.82, 2.24) is 0 Å². The number of carbonyl (C=O) groups is 1. The first-order valence-electron chi connectivity index (χ1n) is 11.5. The van der Waals surface area contributed by atoms with E-state index in [-0.39, 0.29) is 28.6 Å². The third kappa shape index (κ3) is 4.62. The lowest BCUT2D eigenvalue weighted by atomic mass is 9.63. The Hall–Kier alpha value is -3.05. The summed E-state index contributed by atoms with van der Waals surface area (Å²) in [5.41, 5.74) is 4.57. The Bertz CT molecular complexity index is 1210. The minimum Gasteiger partial charge on any atom is -0.478 e. The molecule has 0 fully saturated rings. The molecule has 1 aliphatic rings. The van der Waals surface area contributed by atoms with Gasteiger partial charge < -0.3 is 9.84 Å². The van der Waals surface area contributed by atoms with Crippen LogP contribution in [-0.2, 0) is 22.2 Å². The van der Waals surface area contributed by atoms with E-state index in [4.69, 9.17) is 4.74 Å². The van der Waals surface area contributed by atoms with Crippen LogP contribution in [0.5, 0.6) is 0 Å². The maximum atomic E-state index is 14.3. The molecule has 3 aromatic carbocycles. The van der Waals surface area contributed by atoms with Gasteiger partial charge in [0, 0.05) is 5.56 Å². The molecule has 0 radical (unpaired) electrons. The zero-order chi connectivity index (χ0) is 24.7. The molecule has 1 aliphatic carbocycles. The highest BCUT2D eigenvalue weighted by Gasteiger charge is 2.37. The monoisotopic (exact) mass is 464 g/mol. The summed E-state index contributed by atoms with van der Waals surface area (Å²) in [5, 5.41) is 9.27.